The van der Waals surface area contributed by atoms with Gasteiger partial charge in [-0.1, -0.05) is 26.2 Å². The molecular formula is C17H28N2O5. The normalized spacial score (nSPS) is 26.2. The van der Waals surface area contributed by atoms with Gasteiger partial charge >= 0.3 is 12.0 Å². The van der Waals surface area contributed by atoms with Crippen LogP contribution in [0.3, 0.4) is 0 Å². The number of hydrogen-bond donors (Lipinski definition) is 3. The summed E-state index contributed by atoms with van der Waals surface area (Å²) in [6.45, 7) is 1.52. The van der Waals surface area contributed by atoms with E-state index >= 15 is 0 Å². The average Bonchev–Trinajstić information content (AvgIpc) is 2.55. The Hall–Kier alpha value is -1.63. The van der Waals surface area contributed by atoms with E-state index in [9.17, 15) is 19.5 Å². The molecule has 0 aliphatic heterocycles. The molecule has 0 unspecified atom stereocenters. The molecule has 2 fully saturated rings. The molecule has 2 aliphatic rings. The molecule has 2 aliphatic carbocycles. The lowest BCUT2D eigenvalue weighted by molar-refractivity contribution is -0.170. The van der Waals surface area contributed by atoms with Gasteiger partial charge in [-0.25, -0.2) is 9.59 Å². The molecule has 3 N–H and O–H groups in total. The van der Waals surface area contributed by atoms with Gasteiger partial charge in [0, 0.05) is 6.04 Å². The van der Waals surface area contributed by atoms with Crippen LogP contribution in [0.1, 0.15) is 64.7 Å². The largest absolute Gasteiger partial charge is 0.453 e. The summed E-state index contributed by atoms with van der Waals surface area (Å²) < 4.78 is 4.88. The number of carbonyl (C=O) groups is 3. The van der Waals surface area contributed by atoms with Crippen LogP contribution in [0.5, 0.6) is 0 Å². The van der Waals surface area contributed by atoms with Crippen molar-refractivity contribution in [1.29, 1.82) is 0 Å². The van der Waals surface area contributed by atoms with Gasteiger partial charge in [0.2, 0.25) is 0 Å². The minimum absolute atomic E-state index is 0.0667. The summed E-state index contributed by atoms with van der Waals surface area (Å²) in [7, 11) is 0. The van der Waals surface area contributed by atoms with Gasteiger partial charge in [0.05, 0.1) is 0 Å². The number of imide groups is 1. The Kier molecular flexibility index (Phi) is 6.60. The van der Waals surface area contributed by atoms with Crippen LogP contribution in [0.15, 0.2) is 0 Å². The lowest BCUT2D eigenvalue weighted by Crippen LogP contribution is -2.49. The molecule has 0 spiro atoms. The number of urea groups is 1. The van der Waals surface area contributed by atoms with Gasteiger partial charge in [0.1, 0.15) is 0 Å². The first kappa shape index (κ1) is 18.7. The smallest absolute Gasteiger partial charge is 0.338 e. The average molecular weight is 340 g/mol. The number of rotatable bonds is 4. The summed E-state index contributed by atoms with van der Waals surface area (Å²) >= 11 is 0. The maximum absolute atomic E-state index is 11.9. The third kappa shape index (κ3) is 5.19. The second-order valence-corrected chi connectivity index (χ2v) is 7.06. The molecule has 7 nitrogen and oxygen atoms in total. The zero-order chi connectivity index (χ0) is 17.6. The molecule has 0 saturated heterocycles. The van der Waals surface area contributed by atoms with E-state index in [1.54, 1.807) is 0 Å². The second-order valence-electron chi connectivity index (χ2n) is 7.06. The van der Waals surface area contributed by atoms with Crippen molar-refractivity contribution in [2.45, 2.75) is 76.4 Å². The van der Waals surface area contributed by atoms with Crippen molar-refractivity contribution in [3.8, 4) is 0 Å². The first-order valence-corrected chi connectivity index (χ1v) is 8.91. The summed E-state index contributed by atoms with van der Waals surface area (Å²) in [6, 6.07) is -0.497. The molecule has 136 valence electrons. The van der Waals surface area contributed by atoms with E-state index < -0.39 is 30.1 Å². The number of carbonyl (C=O) groups excluding carboxylic acids is 3. The van der Waals surface area contributed by atoms with E-state index in [2.05, 4.69) is 17.6 Å². The molecule has 2 atom stereocenters. The summed E-state index contributed by atoms with van der Waals surface area (Å²) in [5.41, 5.74) is -1.49. The van der Waals surface area contributed by atoms with Crippen molar-refractivity contribution in [1.82, 2.24) is 10.6 Å². The van der Waals surface area contributed by atoms with E-state index in [1.807, 2.05) is 0 Å². The van der Waals surface area contributed by atoms with Crippen molar-refractivity contribution in [3.05, 3.63) is 0 Å². The van der Waals surface area contributed by atoms with Crippen molar-refractivity contribution < 1.29 is 24.2 Å². The minimum Gasteiger partial charge on any atom is -0.453 e. The summed E-state index contributed by atoms with van der Waals surface area (Å²) in [4.78, 5) is 35.5. The number of esters is 1. The fourth-order valence-electron chi connectivity index (χ4n) is 3.50. The molecule has 24 heavy (non-hydrogen) atoms. The highest BCUT2D eigenvalue weighted by Gasteiger charge is 2.39. The Labute approximate surface area is 142 Å². The molecule has 0 bridgehead atoms. The number of nitrogens with one attached hydrogen (secondary N) is 2. The van der Waals surface area contributed by atoms with Crippen LogP contribution >= 0.6 is 0 Å². The Bertz CT molecular complexity index is 474. The fourth-order valence-corrected chi connectivity index (χ4v) is 3.50. The summed E-state index contributed by atoms with van der Waals surface area (Å²) in [5.74, 6) is -1.08. The molecule has 2 rings (SSSR count). The Morgan fingerprint density at radius 3 is 2.42 bits per heavy atom. The highest BCUT2D eigenvalue weighted by atomic mass is 16.6. The molecule has 0 aromatic heterocycles. The second kappa shape index (κ2) is 8.46. The highest BCUT2D eigenvalue weighted by Crippen LogP contribution is 2.29. The molecule has 0 heterocycles. The van der Waals surface area contributed by atoms with E-state index in [-0.39, 0.29) is 6.04 Å². The maximum Gasteiger partial charge on any atom is 0.338 e. The highest BCUT2D eigenvalue weighted by molar-refractivity contribution is 5.96. The Morgan fingerprint density at radius 1 is 1.08 bits per heavy atom. The van der Waals surface area contributed by atoms with Crippen molar-refractivity contribution >= 4 is 17.9 Å². The van der Waals surface area contributed by atoms with Gasteiger partial charge in [-0.15, -0.1) is 0 Å². The standard InChI is InChI=1S/C17H28N2O5/c1-12-7-3-4-8-13(12)18-16(22)19-14(20)11-24-15(21)17(23)9-5-2-6-10-17/h12-13,23H,2-11H2,1H3,(H2,18,19,20,22)/t12-,13+/m0/s1. The van der Waals surface area contributed by atoms with Crippen LogP contribution < -0.4 is 10.6 Å². The number of hydrogen-bond acceptors (Lipinski definition) is 5. The van der Waals surface area contributed by atoms with Gasteiger partial charge in [0.25, 0.3) is 5.91 Å². The van der Waals surface area contributed by atoms with Crippen LogP contribution in [-0.4, -0.2) is 41.3 Å². The first-order valence-electron chi connectivity index (χ1n) is 8.91. The lowest BCUT2D eigenvalue weighted by Gasteiger charge is -2.29. The van der Waals surface area contributed by atoms with Crippen LogP contribution in [0, 0.1) is 5.92 Å². The summed E-state index contributed by atoms with van der Waals surface area (Å²) in [5, 5.41) is 15.2. The zero-order valence-electron chi connectivity index (χ0n) is 14.3. The SMILES string of the molecule is C[C@H]1CCCC[C@H]1NC(=O)NC(=O)COC(=O)C1(O)CCCCC1. The van der Waals surface area contributed by atoms with Crippen molar-refractivity contribution in [2.75, 3.05) is 6.61 Å². The fraction of sp³-hybridized carbons (Fsp3) is 0.824. The van der Waals surface area contributed by atoms with E-state index in [4.69, 9.17) is 4.74 Å². The van der Waals surface area contributed by atoms with Gasteiger partial charge in [-0.05, 0) is 44.4 Å². The van der Waals surface area contributed by atoms with E-state index in [0.717, 1.165) is 38.5 Å². The molecule has 0 aromatic carbocycles. The molecule has 2 saturated carbocycles. The third-order valence-corrected chi connectivity index (χ3v) is 5.08. The number of aliphatic hydroxyl groups is 1. The van der Waals surface area contributed by atoms with Crippen LogP contribution in [0.2, 0.25) is 0 Å². The molecule has 3 amide bonds. The van der Waals surface area contributed by atoms with Crippen LogP contribution in [-0.2, 0) is 14.3 Å². The molecule has 0 radical (unpaired) electrons. The van der Waals surface area contributed by atoms with Gasteiger partial charge in [-0.2, -0.15) is 0 Å². The summed E-state index contributed by atoms with van der Waals surface area (Å²) in [6.07, 6.45) is 7.43. The van der Waals surface area contributed by atoms with E-state index in [0.29, 0.717) is 18.8 Å². The molecule has 7 heteroatoms. The Balaban J connectivity index is 1.70. The van der Waals surface area contributed by atoms with Gasteiger partial charge in [-0.3, -0.25) is 10.1 Å². The zero-order valence-corrected chi connectivity index (χ0v) is 14.3. The minimum atomic E-state index is -1.49. The third-order valence-electron chi connectivity index (χ3n) is 5.08. The topological polar surface area (TPSA) is 105 Å². The predicted molar refractivity (Wildman–Crippen MR) is 87.1 cm³/mol. The predicted octanol–water partition coefficient (Wildman–Crippen LogP) is 1.63. The van der Waals surface area contributed by atoms with Gasteiger partial charge in [0.15, 0.2) is 12.2 Å². The van der Waals surface area contributed by atoms with Crippen LogP contribution in [0.25, 0.3) is 0 Å². The van der Waals surface area contributed by atoms with E-state index in [1.165, 1.54) is 6.42 Å². The number of amides is 3. The molecular weight excluding hydrogens is 312 g/mol. The van der Waals surface area contributed by atoms with Crippen molar-refractivity contribution in [2.24, 2.45) is 5.92 Å². The number of ether oxygens (including phenoxy) is 1. The monoisotopic (exact) mass is 340 g/mol. The Morgan fingerprint density at radius 2 is 1.75 bits per heavy atom. The quantitative estimate of drug-likeness (QED) is 0.675. The van der Waals surface area contributed by atoms with Gasteiger partial charge < -0.3 is 15.2 Å². The maximum atomic E-state index is 11.9. The molecule has 0 aromatic rings. The van der Waals surface area contributed by atoms with Crippen molar-refractivity contribution in [3.63, 3.8) is 0 Å². The first-order chi connectivity index (χ1) is 11.4. The van der Waals surface area contributed by atoms with Crippen LogP contribution in [0.4, 0.5) is 4.79 Å². The lowest BCUT2D eigenvalue weighted by atomic mass is 9.85.